The predicted molar refractivity (Wildman–Crippen MR) is 95.3 cm³/mol. The molecule has 1 aliphatic carbocycles. The maximum atomic E-state index is 14.7. The Kier molecular flexibility index (Phi) is 5.07. The molecule has 0 bridgehead atoms. The fourth-order valence-corrected chi connectivity index (χ4v) is 3.49. The molecule has 25 heavy (non-hydrogen) atoms. The Labute approximate surface area is 147 Å². The molecule has 1 fully saturated rings. The fourth-order valence-electron chi connectivity index (χ4n) is 3.49. The number of benzene rings is 2. The summed E-state index contributed by atoms with van der Waals surface area (Å²) in [5.74, 6) is 0.00409. The largest absolute Gasteiger partial charge is 0.491 e. The van der Waals surface area contributed by atoms with E-state index < -0.39 is 5.97 Å². The maximum Gasteiger partial charge on any atom is 0.303 e. The molecule has 0 spiro atoms. The number of ether oxygens (including phenoxy) is 1. The van der Waals surface area contributed by atoms with Gasteiger partial charge in [-0.25, -0.2) is 4.39 Å². The summed E-state index contributed by atoms with van der Waals surface area (Å²) >= 11 is 0. The van der Waals surface area contributed by atoms with Crippen LogP contribution in [0.25, 0.3) is 11.1 Å². The van der Waals surface area contributed by atoms with Gasteiger partial charge >= 0.3 is 5.97 Å². The number of carboxylic acid groups (broad SMARTS) is 1. The van der Waals surface area contributed by atoms with E-state index in [0.717, 1.165) is 24.0 Å². The zero-order valence-electron chi connectivity index (χ0n) is 14.5. The van der Waals surface area contributed by atoms with Gasteiger partial charge in [0, 0.05) is 17.5 Å². The van der Waals surface area contributed by atoms with Crippen molar-refractivity contribution in [2.75, 3.05) is 0 Å². The SMILES string of the molecule is CC(C)Oc1cc(-c2ccccc2)c(F)cc1[C@H]1C[C@@H](CC(=O)O)C1. The van der Waals surface area contributed by atoms with Crippen molar-refractivity contribution in [2.45, 2.75) is 45.1 Å². The van der Waals surface area contributed by atoms with Crippen molar-refractivity contribution in [2.24, 2.45) is 5.92 Å². The number of aliphatic carboxylic acids is 1. The number of carboxylic acids is 1. The number of hydrogen-bond acceptors (Lipinski definition) is 2. The molecule has 2 aromatic carbocycles. The molecule has 0 aromatic heterocycles. The molecule has 4 heteroatoms. The van der Waals surface area contributed by atoms with Gasteiger partial charge in [-0.15, -0.1) is 0 Å². The molecule has 132 valence electrons. The molecule has 0 amide bonds. The molecular formula is C21H23FO3. The molecule has 1 aliphatic rings. The van der Waals surface area contributed by atoms with E-state index in [9.17, 15) is 9.18 Å². The van der Waals surface area contributed by atoms with Crippen molar-refractivity contribution < 1.29 is 19.0 Å². The van der Waals surface area contributed by atoms with Crippen LogP contribution in [0, 0.1) is 11.7 Å². The van der Waals surface area contributed by atoms with Crippen molar-refractivity contribution in [1.29, 1.82) is 0 Å². The molecule has 3 nitrogen and oxygen atoms in total. The highest BCUT2D eigenvalue weighted by atomic mass is 19.1. The first-order valence-corrected chi connectivity index (χ1v) is 8.71. The van der Waals surface area contributed by atoms with Crippen LogP contribution in [-0.2, 0) is 4.79 Å². The molecule has 0 radical (unpaired) electrons. The molecule has 0 unspecified atom stereocenters. The van der Waals surface area contributed by atoms with E-state index in [1.165, 1.54) is 0 Å². The molecule has 0 aliphatic heterocycles. The second kappa shape index (κ2) is 7.26. The summed E-state index contributed by atoms with van der Waals surface area (Å²) in [6.07, 6.45) is 1.71. The lowest BCUT2D eigenvalue weighted by molar-refractivity contribution is -0.138. The molecular weight excluding hydrogens is 319 g/mol. The summed E-state index contributed by atoms with van der Waals surface area (Å²) in [6, 6.07) is 12.8. The average Bonchev–Trinajstić information content (AvgIpc) is 2.52. The number of hydrogen-bond donors (Lipinski definition) is 1. The van der Waals surface area contributed by atoms with Crippen LogP contribution in [0.5, 0.6) is 5.75 Å². The topological polar surface area (TPSA) is 46.5 Å². The Morgan fingerprint density at radius 2 is 1.92 bits per heavy atom. The van der Waals surface area contributed by atoms with Gasteiger partial charge in [0.15, 0.2) is 0 Å². The Bertz CT molecular complexity index is 749. The van der Waals surface area contributed by atoms with E-state index in [2.05, 4.69) is 0 Å². The Hall–Kier alpha value is -2.36. The summed E-state index contributed by atoms with van der Waals surface area (Å²) in [4.78, 5) is 10.8. The summed E-state index contributed by atoms with van der Waals surface area (Å²) in [7, 11) is 0. The highest BCUT2D eigenvalue weighted by Crippen LogP contribution is 2.47. The monoisotopic (exact) mass is 342 g/mol. The molecule has 1 N–H and O–H groups in total. The van der Waals surface area contributed by atoms with Gasteiger partial charge in [0.2, 0.25) is 0 Å². The van der Waals surface area contributed by atoms with Crippen LogP contribution in [0.1, 0.15) is 44.6 Å². The first-order valence-electron chi connectivity index (χ1n) is 8.71. The van der Waals surface area contributed by atoms with Crippen LogP contribution in [0.2, 0.25) is 0 Å². The summed E-state index contributed by atoms with van der Waals surface area (Å²) in [5, 5.41) is 8.90. The van der Waals surface area contributed by atoms with Gasteiger partial charge in [-0.1, -0.05) is 30.3 Å². The minimum atomic E-state index is -0.771. The third kappa shape index (κ3) is 4.01. The smallest absolute Gasteiger partial charge is 0.303 e. The van der Waals surface area contributed by atoms with E-state index in [-0.39, 0.29) is 30.2 Å². The van der Waals surface area contributed by atoms with Gasteiger partial charge in [0.1, 0.15) is 11.6 Å². The second-order valence-electron chi connectivity index (χ2n) is 7.03. The van der Waals surface area contributed by atoms with Gasteiger partial charge in [0.05, 0.1) is 6.10 Å². The van der Waals surface area contributed by atoms with Crippen LogP contribution < -0.4 is 4.74 Å². The lowest BCUT2D eigenvalue weighted by Crippen LogP contribution is -2.25. The highest BCUT2D eigenvalue weighted by Gasteiger charge is 2.34. The Morgan fingerprint density at radius 3 is 2.52 bits per heavy atom. The number of halogens is 1. The van der Waals surface area contributed by atoms with Gasteiger partial charge in [-0.3, -0.25) is 4.79 Å². The van der Waals surface area contributed by atoms with Crippen LogP contribution in [0.3, 0.4) is 0 Å². The first kappa shape index (κ1) is 17.5. The summed E-state index contributed by atoms with van der Waals surface area (Å²) in [6.45, 7) is 3.90. The van der Waals surface area contributed by atoms with Gasteiger partial charge in [-0.05, 0) is 56.2 Å². The standard InChI is InChI=1S/C21H23FO3/c1-13(2)25-20-12-17(15-6-4-3-5-7-15)19(22)11-18(20)16-8-14(9-16)10-21(23)24/h3-7,11-14,16H,8-10H2,1-2H3,(H,23,24)/t14-,16+. The van der Waals surface area contributed by atoms with E-state index >= 15 is 0 Å². The van der Waals surface area contributed by atoms with E-state index in [1.807, 2.05) is 44.2 Å². The van der Waals surface area contributed by atoms with Gasteiger partial charge < -0.3 is 9.84 Å². The van der Waals surface area contributed by atoms with Gasteiger partial charge in [-0.2, -0.15) is 0 Å². The highest BCUT2D eigenvalue weighted by molar-refractivity contribution is 5.68. The minimum absolute atomic E-state index is 0.0114. The summed E-state index contributed by atoms with van der Waals surface area (Å²) < 4.78 is 20.7. The number of carbonyl (C=O) groups is 1. The van der Waals surface area contributed by atoms with Crippen molar-refractivity contribution in [3.63, 3.8) is 0 Å². The summed E-state index contributed by atoms with van der Waals surface area (Å²) in [5.41, 5.74) is 2.20. The number of rotatable bonds is 6. The Balaban J connectivity index is 1.90. The maximum absolute atomic E-state index is 14.7. The van der Waals surface area contributed by atoms with Crippen LogP contribution in [-0.4, -0.2) is 17.2 Å². The lowest BCUT2D eigenvalue weighted by Gasteiger charge is -2.36. The van der Waals surface area contributed by atoms with Crippen molar-refractivity contribution in [1.82, 2.24) is 0 Å². The Morgan fingerprint density at radius 1 is 1.24 bits per heavy atom. The normalized spacial score (nSPS) is 19.5. The third-order valence-corrected chi connectivity index (χ3v) is 4.69. The van der Waals surface area contributed by atoms with Crippen molar-refractivity contribution >= 4 is 5.97 Å². The predicted octanol–water partition coefficient (Wildman–Crippen LogP) is 5.25. The lowest BCUT2D eigenvalue weighted by atomic mass is 9.69. The molecule has 3 rings (SSSR count). The van der Waals surface area contributed by atoms with Crippen LogP contribution in [0.4, 0.5) is 4.39 Å². The third-order valence-electron chi connectivity index (χ3n) is 4.69. The average molecular weight is 342 g/mol. The minimum Gasteiger partial charge on any atom is -0.491 e. The fraction of sp³-hybridized carbons (Fsp3) is 0.381. The van der Waals surface area contributed by atoms with Crippen LogP contribution in [0.15, 0.2) is 42.5 Å². The molecule has 2 aromatic rings. The van der Waals surface area contributed by atoms with E-state index in [0.29, 0.717) is 11.3 Å². The zero-order chi connectivity index (χ0) is 18.0. The van der Waals surface area contributed by atoms with E-state index in [4.69, 9.17) is 9.84 Å². The quantitative estimate of drug-likeness (QED) is 0.780. The van der Waals surface area contributed by atoms with E-state index in [1.54, 1.807) is 12.1 Å². The first-order chi connectivity index (χ1) is 11.9. The second-order valence-corrected chi connectivity index (χ2v) is 7.03. The van der Waals surface area contributed by atoms with Gasteiger partial charge in [0.25, 0.3) is 0 Å². The van der Waals surface area contributed by atoms with Crippen molar-refractivity contribution in [3.8, 4) is 16.9 Å². The molecule has 1 saturated carbocycles. The van der Waals surface area contributed by atoms with Crippen molar-refractivity contribution in [3.05, 3.63) is 53.8 Å². The molecule has 0 atom stereocenters. The zero-order valence-corrected chi connectivity index (χ0v) is 14.5. The van der Waals surface area contributed by atoms with Crippen LogP contribution >= 0.6 is 0 Å². The molecule has 0 saturated heterocycles. The molecule has 0 heterocycles.